The van der Waals surface area contributed by atoms with Crippen LogP contribution in [0.3, 0.4) is 0 Å². The lowest BCUT2D eigenvalue weighted by atomic mass is 10.1. The van der Waals surface area contributed by atoms with E-state index in [1.807, 2.05) is 0 Å². The first-order chi connectivity index (χ1) is 16.9. The van der Waals surface area contributed by atoms with E-state index in [2.05, 4.69) is 10.1 Å². The molecule has 13 nitrogen and oxygen atoms in total. The molecule has 0 spiro atoms. The summed E-state index contributed by atoms with van der Waals surface area (Å²) in [5, 5.41) is 13.7. The van der Waals surface area contributed by atoms with Crippen molar-refractivity contribution in [1.82, 2.24) is 14.6 Å². The summed E-state index contributed by atoms with van der Waals surface area (Å²) in [5.41, 5.74) is 3.35. The lowest BCUT2D eigenvalue weighted by Gasteiger charge is -2.27. The number of rotatable bonds is 9. The van der Waals surface area contributed by atoms with Crippen LogP contribution in [0.5, 0.6) is 5.75 Å². The van der Waals surface area contributed by atoms with Crippen molar-refractivity contribution < 1.29 is 33.0 Å². The van der Waals surface area contributed by atoms with E-state index in [0.717, 1.165) is 4.57 Å². The summed E-state index contributed by atoms with van der Waals surface area (Å²) in [5.74, 6) is -0.491. The smallest absolute Gasteiger partial charge is 0.459 e. The zero-order valence-corrected chi connectivity index (χ0v) is 21.0. The van der Waals surface area contributed by atoms with Gasteiger partial charge in [0.1, 0.15) is 29.6 Å². The summed E-state index contributed by atoms with van der Waals surface area (Å²) >= 11 is 0. The number of fused-ring (bicyclic) bond motifs is 1. The standard InChI is InChI=1S/C22H29N4O9P/c1-11(2)32-20(28)13(4)25-36(31,34-14-8-6-5-7-9-14)35-17-16-22(17,30)15(23)19(33-16)26-10-12(3)18(27)24-21(26)29/h5-11,13,15-17,19,30H,23H2,1-4H3,(H,25,31)(H,24,27,29)/t13-,15+,16-,17?,19-,22+,36?/m1/s1. The molecule has 1 saturated carbocycles. The summed E-state index contributed by atoms with van der Waals surface area (Å²) in [7, 11) is -4.29. The van der Waals surface area contributed by atoms with E-state index in [4.69, 9.17) is 24.3 Å². The summed E-state index contributed by atoms with van der Waals surface area (Å²) in [4.78, 5) is 38.4. The van der Waals surface area contributed by atoms with Crippen LogP contribution >= 0.6 is 7.75 Å². The molecule has 2 aromatic rings. The lowest BCUT2D eigenvalue weighted by molar-refractivity contribution is -0.149. The first-order valence-electron chi connectivity index (χ1n) is 11.3. The number of carbonyl (C=O) groups is 1. The number of hydrogen-bond donors (Lipinski definition) is 4. The molecule has 2 aliphatic rings. The first kappa shape index (κ1) is 26.3. The second-order valence-corrected chi connectivity index (χ2v) is 10.7. The Morgan fingerprint density at radius 3 is 2.53 bits per heavy atom. The fraction of sp³-hybridized carbons (Fsp3) is 0.500. The number of esters is 1. The molecule has 1 aliphatic carbocycles. The van der Waals surface area contributed by atoms with E-state index >= 15 is 0 Å². The van der Waals surface area contributed by atoms with Gasteiger partial charge < -0.3 is 24.8 Å². The molecular formula is C22H29N4O9P. The normalized spacial score (nSPS) is 29.3. The predicted molar refractivity (Wildman–Crippen MR) is 126 cm³/mol. The van der Waals surface area contributed by atoms with Crippen molar-refractivity contribution in [1.29, 1.82) is 0 Å². The van der Waals surface area contributed by atoms with Crippen molar-refractivity contribution >= 4 is 13.7 Å². The Labute approximate surface area is 206 Å². The third-order valence-corrected chi connectivity index (χ3v) is 7.56. The molecule has 5 N–H and O–H groups in total. The highest BCUT2D eigenvalue weighted by molar-refractivity contribution is 7.52. The number of nitrogens with one attached hydrogen (secondary N) is 2. The predicted octanol–water partition coefficient (Wildman–Crippen LogP) is 0.316. The zero-order chi connectivity index (χ0) is 26.4. The van der Waals surface area contributed by atoms with Gasteiger partial charge in [-0.2, -0.15) is 5.09 Å². The fourth-order valence-corrected chi connectivity index (χ4v) is 5.69. The van der Waals surface area contributed by atoms with E-state index in [-0.39, 0.29) is 11.3 Å². The monoisotopic (exact) mass is 524 g/mol. The number of aromatic nitrogens is 2. The minimum Gasteiger partial charge on any atom is -0.462 e. The molecule has 2 heterocycles. The summed E-state index contributed by atoms with van der Waals surface area (Å²) in [6.07, 6.45) is -2.47. The van der Waals surface area contributed by atoms with Gasteiger partial charge in [0.2, 0.25) is 0 Å². The number of nitrogens with zero attached hydrogens (tertiary/aromatic N) is 1. The number of H-pyrrole nitrogens is 1. The van der Waals surface area contributed by atoms with Gasteiger partial charge in [0.15, 0.2) is 6.23 Å². The topological polar surface area (TPSA) is 184 Å². The molecule has 14 heteroatoms. The number of carbonyl (C=O) groups excluding carboxylic acids is 1. The van der Waals surface area contributed by atoms with E-state index < -0.39 is 67.2 Å². The minimum absolute atomic E-state index is 0.189. The van der Waals surface area contributed by atoms with E-state index in [1.165, 1.54) is 20.0 Å². The molecule has 1 aromatic heterocycles. The number of aliphatic hydroxyl groups is 1. The van der Waals surface area contributed by atoms with Gasteiger partial charge in [-0.05, 0) is 39.8 Å². The van der Waals surface area contributed by atoms with Crippen LogP contribution in [0.2, 0.25) is 0 Å². The third kappa shape index (κ3) is 4.90. The highest BCUT2D eigenvalue weighted by Crippen LogP contribution is 2.60. The van der Waals surface area contributed by atoms with Crippen molar-refractivity contribution in [2.24, 2.45) is 5.73 Å². The van der Waals surface area contributed by atoms with Crippen molar-refractivity contribution in [3.63, 3.8) is 0 Å². The summed E-state index contributed by atoms with van der Waals surface area (Å²) in [6, 6.07) is 5.87. The second-order valence-electron chi connectivity index (χ2n) is 9.10. The SMILES string of the molecule is Cc1cn([C@@H]2O[C@@H]3C(OP(=O)(N[C@H](C)C(=O)OC(C)C)Oc4ccccc4)[C@]3(O)[C@H]2N)c(=O)[nH]c1=O. The van der Waals surface area contributed by atoms with Crippen LogP contribution in [0, 0.1) is 6.92 Å². The second kappa shape index (κ2) is 9.58. The molecule has 196 valence electrons. The molecule has 0 radical (unpaired) electrons. The van der Waals surface area contributed by atoms with E-state index in [0.29, 0.717) is 0 Å². The maximum absolute atomic E-state index is 13.7. The maximum Gasteiger partial charge on any atom is 0.459 e. The Bertz CT molecular complexity index is 1300. The van der Waals surface area contributed by atoms with Crippen LogP contribution in [0.4, 0.5) is 0 Å². The number of nitrogens with two attached hydrogens (primary N) is 1. The average molecular weight is 524 g/mol. The highest BCUT2D eigenvalue weighted by Gasteiger charge is 2.78. The van der Waals surface area contributed by atoms with Gasteiger partial charge in [-0.1, -0.05) is 18.2 Å². The zero-order valence-electron chi connectivity index (χ0n) is 20.1. The van der Waals surface area contributed by atoms with Crippen molar-refractivity contribution in [3.8, 4) is 5.75 Å². The molecule has 2 unspecified atom stereocenters. The molecule has 4 rings (SSSR count). The number of aryl methyl sites for hydroxylation is 1. The molecular weight excluding hydrogens is 495 g/mol. The lowest BCUT2D eigenvalue weighted by Crippen LogP contribution is -2.47. The van der Waals surface area contributed by atoms with Crippen LogP contribution in [0.25, 0.3) is 0 Å². The van der Waals surface area contributed by atoms with Crippen LogP contribution in [0.15, 0.2) is 46.1 Å². The Kier molecular flexibility index (Phi) is 6.99. The van der Waals surface area contributed by atoms with Gasteiger partial charge in [-0.25, -0.2) is 9.36 Å². The Morgan fingerprint density at radius 2 is 1.94 bits per heavy atom. The maximum atomic E-state index is 13.7. The fourth-order valence-electron chi connectivity index (χ4n) is 3.98. The van der Waals surface area contributed by atoms with Crippen LogP contribution in [0.1, 0.15) is 32.6 Å². The quantitative estimate of drug-likeness (QED) is 0.262. The van der Waals surface area contributed by atoms with Crippen molar-refractivity contribution in [2.75, 3.05) is 0 Å². The average Bonchev–Trinajstić information content (AvgIpc) is 3.24. The van der Waals surface area contributed by atoms with Crippen molar-refractivity contribution in [2.45, 2.75) is 69.9 Å². The van der Waals surface area contributed by atoms with Gasteiger partial charge in [-0.3, -0.25) is 23.7 Å². The molecule has 1 aliphatic heterocycles. The molecule has 36 heavy (non-hydrogen) atoms. The van der Waals surface area contributed by atoms with E-state index in [9.17, 15) is 24.1 Å². The number of ether oxygens (including phenoxy) is 2. The van der Waals surface area contributed by atoms with Crippen LogP contribution in [-0.4, -0.2) is 56.6 Å². The molecule has 2 fully saturated rings. The molecule has 1 aromatic carbocycles. The van der Waals surface area contributed by atoms with Crippen LogP contribution < -0.4 is 26.6 Å². The van der Waals surface area contributed by atoms with Gasteiger partial charge in [0.25, 0.3) is 5.56 Å². The molecule has 1 saturated heterocycles. The van der Waals surface area contributed by atoms with E-state index in [1.54, 1.807) is 44.2 Å². The third-order valence-electron chi connectivity index (χ3n) is 5.90. The number of aromatic amines is 1. The Hall–Kier alpha value is -2.80. The van der Waals surface area contributed by atoms with Crippen LogP contribution in [-0.2, 0) is 23.4 Å². The molecule has 0 amide bonds. The largest absolute Gasteiger partial charge is 0.462 e. The van der Waals surface area contributed by atoms with Gasteiger partial charge in [0, 0.05) is 11.8 Å². The number of para-hydroxylation sites is 1. The summed E-state index contributed by atoms with van der Waals surface area (Å²) in [6.45, 7) is 6.28. The minimum atomic E-state index is -4.29. The van der Waals surface area contributed by atoms with Crippen molar-refractivity contribution in [3.05, 3.63) is 62.9 Å². The molecule has 7 atom stereocenters. The summed E-state index contributed by atoms with van der Waals surface area (Å²) < 4.78 is 37.0. The van der Waals surface area contributed by atoms with Gasteiger partial charge in [-0.15, -0.1) is 0 Å². The van der Waals surface area contributed by atoms with Gasteiger partial charge >= 0.3 is 19.4 Å². The number of hydrogen-bond acceptors (Lipinski definition) is 10. The van der Waals surface area contributed by atoms with Gasteiger partial charge in [0.05, 0.1) is 12.1 Å². The number of benzene rings is 1. The Balaban J connectivity index is 1.54. The highest BCUT2D eigenvalue weighted by atomic mass is 31.2. The Morgan fingerprint density at radius 1 is 1.28 bits per heavy atom. The first-order valence-corrected chi connectivity index (χ1v) is 12.9. The molecule has 0 bridgehead atoms.